The second-order valence-corrected chi connectivity index (χ2v) is 5.63. The third kappa shape index (κ3) is 3.42. The van der Waals surface area contributed by atoms with E-state index in [1.54, 1.807) is 6.07 Å². The van der Waals surface area contributed by atoms with Crippen molar-refractivity contribution in [1.29, 1.82) is 0 Å². The van der Waals surface area contributed by atoms with Crippen molar-refractivity contribution in [2.24, 2.45) is 5.41 Å². The Morgan fingerprint density at radius 3 is 2.57 bits per heavy atom. The number of carbonyl (C=O) groups is 2. The fourth-order valence-corrected chi connectivity index (χ4v) is 2.63. The van der Waals surface area contributed by atoms with Crippen LogP contribution in [0, 0.1) is 5.41 Å². The number of amides is 1. The molecule has 0 radical (unpaired) electrons. The number of carbonyl (C=O) groups excluding carboxylic acids is 1. The fraction of sp³-hybridized carbons (Fsp3) is 0.500. The molecule has 5 nitrogen and oxygen atoms in total. The number of likely N-dealkylation sites (N-methyl/N-ethyl adjacent to an activating group) is 1. The molecular weight excluding hydrogens is 268 g/mol. The zero-order chi connectivity index (χ0) is 15.3. The Kier molecular flexibility index (Phi) is 4.96. The van der Waals surface area contributed by atoms with Gasteiger partial charge in [-0.1, -0.05) is 24.6 Å². The fourth-order valence-electron chi connectivity index (χ4n) is 2.63. The molecule has 1 aliphatic carbocycles. The van der Waals surface area contributed by atoms with Gasteiger partial charge in [0.05, 0.1) is 5.41 Å². The maximum absolute atomic E-state index is 12.3. The number of nitrogens with one attached hydrogen (secondary N) is 2. The molecule has 0 spiro atoms. The average molecular weight is 290 g/mol. The van der Waals surface area contributed by atoms with Crippen LogP contribution < -0.4 is 10.6 Å². The highest BCUT2D eigenvalue weighted by molar-refractivity contribution is 5.96. The van der Waals surface area contributed by atoms with E-state index in [1.807, 2.05) is 25.2 Å². The minimum absolute atomic E-state index is 0.186. The van der Waals surface area contributed by atoms with Crippen LogP contribution in [0.4, 0.5) is 0 Å². The summed E-state index contributed by atoms with van der Waals surface area (Å²) in [4.78, 5) is 23.6. The van der Waals surface area contributed by atoms with Gasteiger partial charge in [0.2, 0.25) is 0 Å². The van der Waals surface area contributed by atoms with Crippen molar-refractivity contribution < 1.29 is 14.7 Å². The molecule has 0 bridgehead atoms. The van der Waals surface area contributed by atoms with Gasteiger partial charge < -0.3 is 15.7 Å². The summed E-state index contributed by atoms with van der Waals surface area (Å²) in [7, 11) is 1.87. The number of carboxylic acids is 1. The number of aliphatic carboxylic acids is 1. The molecule has 5 heteroatoms. The van der Waals surface area contributed by atoms with Crippen LogP contribution in [0.2, 0.25) is 0 Å². The average Bonchev–Trinajstić information content (AvgIpc) is 2.43. The summed E-state index contributed by atoms with van der Waals surface area (Å²) in [5.41, 5.74) is 0.852. The van der Waals surface area contributed by atoms with Crippen LogP contribution in [0.25, 0.3) is 0 Å². The van der Waals surface area contributed by atoms with E-state index in [2.05, 4.69) is 10.6 Å². The highest BCUT2D eigenvalue weighted by Gasteiger charge is 2.44. The molecule has 0 saturated heterocycles. The van der Waals surface area contributed by atoms with Crippen LogP contribution in [0.3, 0.4) is 0 Å². The van der Waals surface area contributed by atoms with E-state index in [0.29, 0.717) is 18.4 Å². The van der Waals surface area contributed by atoms with E-state index in [9.17, 15) is 14.7 Å². The van der Waals surface area contributed by atoms with Crippen molar-refractivity contribution in [1.82, 2.24) is 10.6 Å². The Morgan fingerprint density at radius 2 is 2.00 bits per heavy atom. The van der Waals surface area contributed by atoms with Crippen molar-refractivity contribution in [3.05, 3.63) is 35.4 Å². The normalized spacial score (nSPS) is 16.0. The van der Waals surface area contributed by atoms with Crippen LogP contribution in [-0.4, -0.2) is 37.1 Å². The molecule has 0 aromatic heterocycles. The van der Waals surface area contributed by atoms with Crippen molar-refractivity contribution in [2.45, 2.75) is 25.7 Å². The summed E-state index contributed by atoms with van der Waals surface area (Å²) in [6.07, 6.45) is 2.97. The first-order chi connectivity index (χ1) is 10.1. The molecule has 0 heterocycles. The predicted molar refractivity (Wildman–Crippen MR) is 80.3 cm³/mol. The van der Waals surface area contributed by atoms with E-state index < -0.39 is 11.4 Å². The van der Waals surface area contributed by atoms with Crippen molar-refractivity contribution in [2.75, 3.05) is 20.1 Å². The van der Waals surface area contributed by atoms with Crippen LogP contribution in [-0.2, 0) is 11.2 Å². The van der Waals surface area contributed by atoms with Crippen LogP contribution in [0.5, 0.6) is 0 Å². The molecule has 21 heavy (non-hydrogen) atoms. The van der Waals surface area contributed by atoms with Crippen LogP contribution in [0.1, 0.15) is 35.2 Å². The quantitative estimate of drug-likeness (QED) is 0.710. The molecule has 1 saturated carbocycles. The summed E-state index contributed by atoms with van der Waals surface area (Å²) in [6.45, 7) is 1.00. The van der Waals surface area contributed by atoms with Gasteiger partial charge in [0.15, 0.2) is 0 Å². The Morgan fingerprint density at radius 1 is 1.29 bits per heavy atom. The van der Waals surface area contributed by atoms with Gasteiger partial charge in [-0.05, 0) is 44.5 Å². The lowest BCUT2D eigenvalue weighted by molar-refractivity contribution is -0.153. The minimum atomic E-state index is -0.808. The Labute approximate surface area is 124 Å². The van der Waals surface area contributed by atoms with Crippen LogP contribution >= 0.6 is 0 Å². The summed E-state index contributed by atoms with van der Waals surface area (Å²) < 4.78 is 0. The van der Waals surface area contributed by atoms with Gasteiger partial charge in [0.25, 0.3) is 5.91 Å². The Balaban J connectivity index is 2.02. The maximum Gasteiger partial charge on any atom is 0.311 e. The second-order valence-electron chi connectivity index (χ2n) is 5.63. The van der Waals surface area contributed by atoms with Crippen molar-refractivity contribution in [3.8, 4) is 0 Å². The lowest BCUT2D eigenvalue weighted by Gasteiger charge is -2.37. The number of hydrogen-bond acceptors (Lipinski definition) is 3. The second kappa shape index (κ2) is 6.72. The number of hydrogen-bond donors (Lipinski definition) is 3. The van der Waals surface area contributed by atoms with Gasteiger partial charge in [0.1, 0.15) is 0 Å². The van der Waals surface area contributed by atoms with E-state index >= 15 is 0 Å². The highest BCUT2D eigenvalue weighted by atomic mass is 16.4. The van der Waals surface area contributed by atoms with E-state index in [4.69, 9.17) is 0 Å². The molecule has 1 fully saturated rings. The SMILES string of the molecule is CNCCc1ccccc1C(=O)NCC1(C(=O)O)CCC1. The topological polar surface area (TPSA) is 78.4 Å². The maximum atomic E-state index is 12.3. The van der Waals surface area contributed by atoms with Gasteiger partial charge in [0, 0.05) is 12.1 Å². The molecule has 3 N–H and O–H groups in total. The first-order valence-corrected chi connectivity index (χ1v) is 7.33. The van der Waals surface area contributed by atoms with E-state index in [0.717, 1.165) is 24.9 Å². The lowest BCUT2D eigenvalue weighted by Crippen LogP contribution is -2.47. The number of rotatable bonds is 7. The zero-order valence-electron chi connectivity index (χ0n) is 12.3. The van der Waals surface area contributed by atoms with Crippen LogP contribution in [0.15, 0.2) is 24.3 Å². The highest BCUT2D eigenvalue weighted by Crippen LogP contribution is 2.40. The standard InChI is InChI=1S/C16H22N2O3/c1-17-10-7-12-5-2-3-6-13(12)14(19)18-11-16(15(20)21)8-4-9-16/h2-3,5-6,17H,4,7-11H2,1H3,(H,18,19)(H,20,21). The summed E-state index contributed by atoms with van der Waals surface area (Å²) in [5, 5.41) is 15.1. The largest absolute Gasteiger partial charge is 0.481 e. The van der Waals surface area contributed by atoms with E-state index in [1.165, 1.54) is 0 Å². The molecule has 0 unspecified atom stereocenters. The van der Waals surface area contributed by atoms with Gasteiger partial charge in [-0.3, -0.25) is 9.59 Å². The Bertz CT molecular complexity index is 524. The summed E-state index contributed by atoms with van der Waals surface area (Å²) in [5.74, 6) is -0.994. The molecular formula is C16H22N2O3. The first-order valence-electron chi connectivity index (χ1n) is 7.33. The van der Waals surface area contributed by atoms with E-state index in [-0.39, 0.29) is 12.5 Å². The molecule has 114 valence electrons. The third-order valence-electron chi connectivity index (χ3n) is 4.26. The van der Waals surface area contributed by atoms with Gasteiger partial charge >= 0.3 is 5.97 Å². The zero-order valence-corrected chi connectivity index (χ0v) is 12.3. The molecule has 1 aliphatic rings. The van der Waals surface area contributed by atoms with Gasteiger partial charge in [-0.25, -0.2) is 0 Å². The minimum Gasteiger partial charge on any atom is -0.481 e. The molecule has 2 rings (SSSR count). The predicted octanol–water partition coefficient (Wildman–Crippen LogP) is 1.43. The van der Waals surface area contributed by atoms with Crippen molar-refractivity contribution >= 4 is 11.9 Å². The monoisotopic (exact) mass is 290 g/mol. The van der Waals surface area contributed by atoms with Crippen molar-refractivity contribution in [3.63, 3.8) is 0 Å². The molecule has 1 aromatic rings. The molecule has 1 amide bonds. The molecule has 0 aliphatic heterocycles. The smallest absolute Gasteiger partial charge is 0.311 e. The molecule has 0 atom stereocenters. The number of benzene rings is 1. The van der Waals surface area contributed by atoms with Gasteiger partial charge in [-0.15, -0.1) is 0 Å². The molecule has 1 aromatic carbocycles. The number of carboxylic acid groups (broad SMARTS) is 1. The lowest BCUT2D eigenvalue weighted by atomic mass is 9.69. The summed E-state index contributed by atoms with van der Waals surface area (Å²) >= 11 is 0. The Hall–Kier alpha value is -1.88. The summed E-state index contributed by atoms with van der Waals surface area (Å²) in [6, 6.07) is 7.46. The van der Waals surface area contributed by atoms with Gasteiger partial charge in [-0.2, -0.15) is 0 Å². The third-order valence-corrected chi connectivity index (χ3v) is 4.26. The first kappa shape index (κ1) is 15.5.